The minimum Gasteiger partial charge on any atom is -0.330 e. The molecule has 1 saturated carbocycles. The van der Waals surface area contributed by atoms with E-state index in [0.29, 0.717) is 5.41 Å². The second kappa shape index (κ2) is 7.26. The molecule has 1 aliphatic carbocycles. The van der Waals surface area contributed by atoms with E-state index in [4.69, 9.17) is 5.73 Å². The normalized spacial score (nSPS) is 26.9. The van der Waals surface area contributed by atoms with E-state index in [-0.39, 0.29) is 0 Å². The zero-order chi connectivity index (χ0) is 14.4. The van der Waals surface area contributed by atoms with Gasteiger partial charge in [-0.05, 0) is 62.0 Å². The first kappa shape index (κ1) is 15.6. The number of nitrogens with two attached hydrogens (primary N) is 1. The molecule has 0 aromatic carbocycles. The van der Waals surface area contributed by atoms with E-state index in [1.54, 1.807) is 0 Å². The molecule has 0 bridgehead atoms. The Morgan fingerprint density at radius 1 is 1.40 bits per heavy atom. The largest absolute Gasteiger partial charge is 0.330 e. The average molecular weight is 277 g/mol. The monoisotopic (exact) mass is 277 g/mol. The molecule has 1 aliphatic rings. The molecule has 2 rings (SSSR count). The Hall–Kier alpha value is -0.830. The summed E-state index contributed by atoms with van der Waals surface area (Å²) >= 11 is 0. The zero-order valence-corrected chi connectivity index (χ0v) is 13.3. The van der Waals surface area contributed by atoms with Crippen molar-refractivity contribution in [2.24, 2.45) is 24.1 Å². The van der Waals surface area contributed by atoms with Gasteiger partial charge in [-0.25, -0.2) is 0 Å². The van der Waals surface area contributed by atoms with Crippen molar-refractivity contribution in [3.8, 4) is 0 Å². The fourth-order valence-corrected chi connectivity index (χ4v) is 3.64. The van der Waals surface area contributed by atoms with Crippen LogP contribution in [0.1, 0.15) is 63.9 Å². The predicted octanol–water partition coefficient (Wildman–Crippen LogP) is 3.68. The minimum atomic E-state index is 0.401. The summed E-state index contributed by atoms with van der Waals surface area (Å²) in [7, 11) is 1.99. The first-order valence-electron chi connectivity index (χ1n) is 8.35. The molecule has 0 spiro atoms. The summed E-state index contributed by atoms with van der Waals surface area (Å²) in [5, 5.41) is 4.26. The number of rotatable bonds is 7. The predicted molar refractivity (Wildman–Crippen MR) is 84.5 cm³/mol. The van der Waals surface area contributed by atoms with Gasteiger partial charge in [0.05, 0.1) is 6.20 Å². The number of aryl methyl sites for hydroxylation is 2. The van der Waals surface area contributed by atoms with Crippen molar-refractivity contribution in [1.29, 1.82) is 0 Å². The molecule has 0 aliphatic heterocycles. The van der Waals surface area contributed by atoms with Crippen LogP contribution in [0.15, 0.2) is 12.4 Å². The molecule has 1 fully saturated rings. The maximum Gasteiger partial charge on any atom is 0.0521 e. The van der Waals surface area contributed by atoms with Crippen molar-refractivity contribution in [1.82, 2.24) is 9.78 Å². The third kappa shape index (κ3) is 4.08. The average Bonchev–Trinajstić information content (AvgIpc) is 2.90. The molecule has 1 aromatic rings. The topological polar surface area (TPSA) is 43.8 Å². The van der Waals surface area contributed by atoms with Crippen molar-refractivity contribution in [3.05, 3.63) is 18.0 Å². The fourth-order valence-electron chi connectivity index (χ4n) is 3.64. The highest BCUT2D eigenvalue weighted by atomic mass is 15.2. The van der Waals surface area contributed by atoms with Gasteiger partial charge in [0.15, 0.2) is 0 Å². The summed E-state index contributed by atoms with van der Waals surface area (Å²) in [6.45, 7) is 3.15. The molecule has 0 radical (unpaired) electrons. The Bertz CT molecular complexity index is 389. The van der Waals surface area contributed by atoms with Crippen LogP contribution >= 0.6 is 0 Å². The first-order valence-corrected chi connectivity index (χ1v) is 8.35. The third-order valence-corrected chi connectivity index (χ3v) is 5.27. The van der Waals surface area contributed by atoms with Gasteiger partial charge in [0, 0.05) is 13.2 Å². The number of aromatic nitrogens is 2. The molecule has 0 atom stereocenters. The van der Waals surface area contributed by atoms with Crippen molar-refractivity contribution >= 4 is 0 Å². The van der Waals surface area contributed by atoms with Crippen LogP contribution in [0, 0.1) is 11.3 Å². The number of unbranched alkanes of at least 4 members (excludes halogenated alkanes) is 1. The van der Waals surface area contributed by atoms with Crippen molar-refractivity contribution < 1.29 is 0 Å². The second-order valence-electron chi connectivity index (χ2n) is 6.81. The molecule has 0 saturated heterocycles. The second-order valence-corrected chi connectivity index (χ2v) is 6.81. The van der Waals surface area contributed by atoms with Crippen LogP contribution in [0.25, 0.3) is 0 Å². The standard InChI is InChI=1S/C17H31N3/c1-3-4-5-15-6-9-17(14-18,10-7-15)11-8-16-12-19-20(2)13-16/h12-13,15H,3-11,14,18H2,1-2H3. The molecule has 1 aromatic heterocycles. The summed E-state index contributed by atoms with van der Waals surface area (Å²) in [5.74, 6) is 0.966. The van der Waals surface area contributed by atoms with Crippen LogP contribution in [0.3, 0.4) is 0 Å². The number of hydrogen-bond acceptors (Lipinski definition) is 2. The highest BCUT2D eigenvalue weighted by Crippen LogP contribution is 2.42. The van der Waals surface area contributed by atoms with Gasteiger partial charge < -0.3 is 5.73 Å². The van der Waals surface area contributed by atoms with Crippen molar-refractivity contribution in [3.63, 3.8) is 0 Å². The van der Waals surface area contributed by atoms with Crippen molar-refractivity contribution in [2.75, 3.05) is 6.54 Å². The lowest BCUT2D eigenvalue weighted by molar-refractivity contribution is 0.139. The molecule has 114 valence electrons. The molecule has 3 heteroatoms. The van der Waals surface area contributed by atoms with E-state index < -0.39 is 0 Å². The molecule has 0 amide bonds. The minimum absolute atomic E-state index is 0.401. The lowest BCUT2D eigenvalue weighted by Crippen LogP contribution is -2.35. The Morgan fingerprint density at radius 2 is 2.15 bits per heavy atom. The van der Waals surface area contributed by atoms with Crippen LogP contribution in [0.5, 0.6) is 0 Å². The maximum atomic E-state index is 6.13. The molecular weight excluding hydrogens is 246 g/mol. The Balaban J connectivity index is 1.82. The lowest BCUT2D eigenvalue weighted by atomic mass is 9.67. The van der Waals surface area contributed by atoms with E-state index >= 15 is 0 Å². The molecule has 3 nitrogen and oxygen atoms in total. The van der Waals surface area contributed by atoms with Crippen molar-refractivity contribution in [2.45, 2.75) is 64.7 Å². The van der Waals surface area contributed by atoms with Gasteiger partial charge in [0.25, 0.3) is 0 Å². The smallest absolute Gasteiger partial charge is 0.0521 e. The Labute approximate surface area is 123 Å². The zero-order valence-electron chi connectivity index (χ0n) is 13.3. The molecule has 1 heterocycles. The Kier molecular flexibility index (Phi) is 5.64. The van der Waals surface area contributed by atoms with Gasteiger partial charge >= 0.3 is 0 Å². The van der Waals surface area contributed by atoms with Gasteiger partial charge in [0.2, 0.25) is 0 Å². The SMILES string of the molecule is CCCCC1CCC(CN)(CCc2cnn(C)c2)CC1. The first-order chi connectivity index (χ1) is 9.67. The van der Waals surface area contributed by atoms with E-state index in [1.807, 2.05) is 17.9 Å². The highest BCUT2D eigenvalue weighted by molar-refractivity contribution is 5.05. The summed E-state index contributed by atoms with van der Waals surface area (Å²) in [6.07, 6.45) is 16.1. The van der Waals surface area contributed by atoms with E-state index in [2.05, 4.69) is 18.2 Å². The number of hydrogen-bond donors (Lipinski definition) is 1. The summed E-state index contributed by atoms with van der Waals surface area (Å²) in [6, 6.07) is 0. The summed E-state index contributed by atoms with van der Waals surface area (Å²) in [5.41, 5.74) is 7.89. The van der Waals surface area contributed by atoms with Gasteiger partial charge in [0.1, 0.15) is 0 Å². The fraction of sp³-hybridized carbons (Fsp3) is 0.824. The van der Waals surface area contributed by atoms with Gasteiger partial charge in [-0.2, -0.15) is 5.10 Å². The van der Waals surface area contributed by atoms with Gasteiger partial charge in [-0.1, -0.05) is 26.2 Å². The quantitative estimate of drug-likeness (QED) is 0.826. The molecular formula is C17H31N3. The Morgan fingerprint density at radius 3 is 2.70 bits per heavy atom. The molecule has 2 N–H and O–H groups in total. The number of nitrogens with zero attached hydrogens (tertiary/aromatic N) is 2. The van der Waals surface area contributed by atoms with Crippen LogP contribution in [0.2, 0.25) is 0 Å². The summed E-state index contributed by atoms with van der Waals surface area (Å²) in [4.78, 5) is 0. The third-order valence-electron chi connectivity index (χ3n) is 5.27. The maximum absolute atomic E-state index is 6.13. The van der Waals surface area contributed by atoms with E-state index in [0.717, 1.165) is 18.9 Å². The van der Waals surface area contributed by atoms with Crippen LogP contribution < -0.4 is 5.73 Å². The van der Waals surface area contributed by atoms with Crippen LogP contribution in [-0.4, -0.2) is 16.3 Å². The van der Waals surface area contributed by atoms with Gasteiger partial charge in [-0.15, -0.1) is 0 Å². The molecule has 0 unspecified atom stereocenters. The van der Waals surface area contributed by atoms with Crippen LogP contribution in [0.4, 0.5) is 0 Å². The summed E-state index contributed by atoms with van der Waals surface area (Å²) < 4.78 is 1.89. The highest BCUT2D eigenvalue weighted by Gasteiger charge is 2.33. The van der Waals surface area contributed by atoms with E-state index in [9.17, 15) is 0 Å². The lowest BCUT2D eigenvalue weighted by Gasteiger charge is -2.39. The van der Waals surface area contributed by atoms with Gasteiger partial charge in [-0.3, -0.25) is 4.68 Å². The molecule has 20 heavy (non-hydrogen) atoms. The van der Waals surface area contributed by atoms with Crippen LogP contribution in [-0.2, 0) is 13.5 Å². The van der Waals surface area contributed by atoms with E-state index in [1.165, 1.54) is 56.9 Å².